The van der Waals surface area contributed by atoms with Gasteiger partial charge in [0.2, 0.25) is 0 Å². The highest BCUT2D eigenvalue weighted by atomic mass is 32.2. The lowest BCUT2D eigenvalue weighted by atomic mass is 9.94. The summed E-state index contributed by atoms with van der Waals surface area (Å²) in [7, 11) is 0. The van der Waals surface area contributed by atoms with Gasteiger partial charge in [0, 0.05) is 10.9 Å². The SMILES string of the molecule is CCCCOc1ccc(SC(=O)NC2CCC2)cc1. The number of hydrogen-bond donors (Lipinski definition) is 1. The maximum atomic E-state index is 11.7. The topological polar surface area (TPSA) is 38.3 Å². The Morgan fingerprint density at radius 1 is 1.37 bits per heavy atom. The molecule has 0 radical (unpaired) electrons. The highest BCUT2D eigenvalue weighted by molar-refractivity contribution is 8.13. The number of carbonyl (C=O) groups excluding carboxylic acids is 1. The van der Waals surface area contributed by atoms with Crippen LogP contribution in [0.1, 0.15) is 39.0 Å². The number of rotatable bonds is 6. The minimum absolute atomic E-state index is 0.0457. The molecule has 3 nitrogen and oxygen atoms in total. The third-order valence-corrected chi connectivity index (χ3v) is 4.04. The van der Waals surface area contributed by atoms with E-state index in [1.54, 1.807) is 0 Å². The van der Waals surface area contributed by atoms with Gasteiger partial charge in [-0.05, 0) is 61.7 Å². The fourth-order valence-electron chi connectivity index (χ4n) is 1.79. The molecule has 0 unspecified atom stereocenters. The van der Waals surface area contributed by atoms with Crippen LogP contribution in [-0.4, -0.2) is 17.9 Å². The van der Waals surface area contributed by atoms with Gasteiger partial charge in [-0.2, -0.15) is 0 Å². The Kier molecular flexibility index (Phi) is 5.58. The van der Waals surface area contributed by atoms with Gasteiger partial charge < -0.3 is 10.1 Å². The summed E-state index contributed by atoms with van der Waals surface area (Å²) < 4.78 is 5.59. The lowest BCUT2D eigenvalue weighted by Crippen LogP contribution is -2.37. The number of amides is 1. The van der Waals surface area contributed by atoms with Crippen LogP contribution in [0.3, 0.4) is 0 Å². The van der Waals surface area contributed by atoms with E-state index in [1.807, 2.05) is 24.3 Å². The van der Waals surface area contributed by atoms with Crippen LogP contribution in [0.5, 0.6) is 5.75 Å². The molecule has 1 aromatic rings. The molecule has 0 spiro atoms. The second-order valence-electron chi connectivity index (χ2n) is 4.84. The van der Waals surface area contributed by atoms with Crippen LogP contribution in [-0.2, 0) is 0 Å². The molecule has 1 amide bonds. The summed E-state index contributed by atoms with van der Waals surface area (Å²) in [4.78, 5) is 12.7. The van der Waals surface area contributed by atoms with Crippen LogP contribution < -0.4 is 10.1 Å². The first-order valence-corrected chi connectivity index (χ1v) is 7.81. The third kappa shape index (κ3) is 4.78. The molecule has 2 rings (SSSR count). The lowest BCUT2D eigenvalue weighted by molar-refractivity contribution is 0.249. The number of ether oxygens (including phenoxy) is 1. The van der Waals surface area contributed by atoms with E-state index in [-0.39, 0.29) is 5.24 Å². The van der Waals surface area contributed by atoms with Gasteiger partial charge in [0.15, 0.2) is 0 Å². The molecule has 19 heavy (non-hydrogen) atoms. The van der Waals surface area contributed by atoms with Gasteiger partial charge in [-0.1, -0.05) is 13.3 Å². The van der Waals surface area contributed by atoms with E-state index in [9.17, 15) is 4.79 Å². The fraction of sp³-hybridized carbons (Fsp3) is 0.533. The Hall–Kier alpha value is -1.16. The Balaban J connectivity index is 1.75. The van der Waals surface area contributed by atoms with Gasteiger partial charge in [0.05, 0.1) is 6.61 Å². The minimum atomic E-state index is 0.0457. The van der Waals surface area contributed by atoms with Gasteiger partial charge in [-0.3, -0.25) is 4.79 Å². The molecule has 1 N–H and O–H groups in total. The number of benzene rings is 1. The maximum absolute atomic E-state index is 11.7. The van der Waals surface area contributed by atoms with Crippen molar-refractivity contribution in [2.45, 2.75) is 50.0 Å². The second kappa shape index (κ2) is 7.43. The molecule has 0 saturated heterocycles. The molecular weight excluding hydrogens is 258 g/mol. The quantitative estimate of drug-likeness (QED) is 0.626. The van der Waals surface area contributed by atoms with Crippen molar-refractivity contribution in [3.63, 3.8) is 0 Å². The van der Waals surface area contributed by atoms with E-state index >= 15 is 0 Å². The van der Waals surface area contributed by atoms with Crippen LogP contribution in [0.15, 0.2) is 29.2 Å². The van der Waals surface area contributed by atoms with Gasteiger partial charge in [0.25, 0.3) is 5.24 Å². The largest absolute Gasteiger partial charge is 0.494 e. The molecule has 0 bridgehead atoms. The highest BCUT2D eigenvalue weighted by Crippen LogP contribution is 2.24. The molecule has 0 heterocycles. The second-order valence-corrected chi connectivity index (χ2v) is 5.88. The Morgan fingerprint density at radius 3 is 2.68 bits per heavy atom. The summed E-state index contributed by atoms with van der Waals surface area (Å²) in [5, 5.41) is 3.06. The van der Waals surface area contributed by atoms with Gasteiger partial charge in [-0.25, -0.2) is 0 Å². The summed E-state index contributed by atoms with van der Waals surface area (Å²) in [5.41, 5.74) is 0. The van der Waals surface area contributed by atoms with Gasteiger partial charge in [0.1, 0.15) is 5.75 Å². The lowest BCUT2D eigenvalue weighted by Gasteiger charge is -2.25. The van der Waals surface area contributed by atoms with E-state index in [2.05, 4.69) is 12.2 Å². The number of carbonyl (C=O) groups is 1. The zero-order chi connectivity index (χ0) is 13.5. The smallest absolute Gasteiger partial charge is 0.284 e. The average Bonchev–Trinajstić information content (AvgIpc) is 2.36. The van der Waals surface area contributed by atoms with E-state index < -0.39 is 0 Å². The van der Waals surface area contributed by atoms with Crippen LogP contribution in [0.4, 0.5) is 4.79 Å². The first kappa shape index (κ1) is 14.3. The summed E-state index contributed by atoms with van der Waals surface area (Å²) in [6, 6.07) is 8.12. The number of nitrogens with one attached hydrogen (secondary N) is 1. The third-order valence-electron chi connectivity index (χ3n) is 3.23. The molecule has 1 saturated carbocycles. The molecule has 0 aliphatic heterocycles. The van der Waals surface area contributed by atoms with E-state index in [1.165, 1.54) is 18.2 Å². The molecule has 1 aliphatic rings. The van der Waals surface area contributed by atoms with Crippen molar-refractivity contribution in [1.29, 1.82) is 0 Å². The molecule has 4 heteroatoms. The molecule has 1 aliphatic carbocycles. The Morgan fingerprint density at radius 2 is 2.11 bits per heavy atom. The molecule has 1 fully saturated rings. The molecule has 104 valence electrons. The predicted molar refractivity (Wildman–Crippen MR) is 78.9 cm³/mol. The van der Waals surface area contributed by atoms with Gasteiger partial charge in [-0.15, -0.1) is 0 Å². The Labute approximate surface area is 119 Å². The van der Waals surface area contributed by atoms with Crippen molar-refractivity contribution in [3.8, 4) is 5.75 Å². The van der Waals surface area contributed by atoms with Crippen molar-refractivity contribution >= 4 is 17.0 Å². The summed E-state index contributed by atoms with van der Waals surface area (Å²) in [5.74, 6) is 0.872. The summed E-state index contributed by atoms with van der Waals surface area (Å²) >= 11 is 1.25. The van der Waals surface area contributed by atoms with Crippen molar-refractivity contribution in [2.24, 2.45) is 0 Å². The van der Waals surface area contributed by atoms with Crippen LogP contribution >= 0.6 is 11.8 Å². The van der Waals surface area contributed by atoms with Crippen LogP contribution in [0.25, 0.3) is 0 Å². The average molecular weight is 279 g/mol. The normalized spacial score (nSPS) is 14.8. The zero-order valence-corrected chi connectivity index (χ0v) is 12.2. The van der Waals surface area contributed by atoms with E-state index in [0.29, 0.717) is 6.04 Å². The van der Waals surface area contributed by atoms with Crippen molar-refractivity contribution in [1.82, 2.24) is 5.32 Å². The van der Waals surface area contributed by atoms with Gasteiger partial charge >= 0.3 is 0 Å². The first-order valence-electron chi connectivity index (χ1n) is 6.99. The van der Waals surface area contributed by atoms with Crippen LogP contribution in [0, 0.1) is 0 Å². The molecule has 0 aromatic heterocycles. The summed E-state index contributed by atoms with van der Waals surface area (Å²) in [6.07, 6.45) is 5.68. The molecular formula is C15H21NO2S. The monoisotopic (exact) mass is 279 g/mol. The van der Waals surface area contributed by atoms with Crippen LogP contribution in [0.2, 0.25) is 0 Å². The van der Waals surface area contributed by atoms with Crippen molar-refractivity contribution in [3.05, 3.63) is 24.3 Å². The van der Waals surface area contributed by atoms with Crippen molar-refractivity contribution < 1.29 is 9.53 Å². The number of unbranched alkanes of at least 4 members (excludes halogenated alkanes) is 1. The molecule has 1 aromatic carbocycles. The van der Waals surface area contributed by atoms with E-state index in [0.717, 1.165) is 42.9 Å². The van der Waals surface area contributed by atoms with E-state index in [4.69, 9.17) is 4.74 Å². The zero-order valence-electron chi connectivity index (χ0n) is 11.4. The van der Waals surface area contributed by atoms with Crippen molar-refractivity contribution in [2.75, 3.05) is 6.61 Å². The number of thioether (sulfide) groups is 1. The summed E-state index contributed by atoms with van der Waals surface area (Å²) in [6.45, 7) is 2.90. The Bertz CT molecular complexity index is 401. The standard InChI is InChI=1S/C15H21NO2S/c1-2-3-11-18-13-7-9-14(10-8-13)19-15(17)16-12-5-4-6-12/h7-10,12H,2-6,11H2,1H3,(H,16,17). The first-order chi connectivity index (χ1) is 9.28. The fourth-order valence-corrected chi connectivity index (χ4v) is 2.51. The number of hydrogen-bond acceptors (Lipinski definition) is 3. The highest BCUT2D eigenvalue weighted by Gasteiger charge is 2.19. The molecule has 0 atom stereocenters. The maximum Gasteiger partial charge on any atom is 0.284 e. The minimum Gasteiger partial charge on any atom is -0.494 e. The predicted octanol–water partition coefficient (Wildman–Crippen LogP) is 4.22.